The van der Waals surface area contributed by atoms with E-state index in [-0.39, 0.29) is 35.4 Å². The molecule has 0 saturated carbocycles. The summed E-state index contributed by atoms with van der Waals surface area (Å²) in [6.45, 7) is 2.67. The van der Waals surface area contributed by atoms with Crippen LogP contribution in [-0.4, -0.2) is 59.6 Å². The normalized spacial score (nSPS) is 20.1. The Balaban J connectivity index is 0.00000341. The smallest absolute Gasteiger partial charge is 0.240 e. The summed E-state index contributed by atoms with van der Waals surface area (Å²) in [6.07, 6.45) is 2.37. The lowest BCUT2D eigenvalue weighted by atomic mass is 9.88. The van der Waals surface area contributed by atoms with Crippen LogP contribution in [0, 0.1) is 5.92 Å². The van der Waals surface area contributed by atoms with Gasteiger partial charge in [0.25, 0.3) is 0 Å². The van der Waals surface area contributed by atoms with Gasteiger partial charge in [-0.2, -0.15) is 0 Å². The molecule has 31 heavy (non-hydrogen) atoms. The van der Waals surface area contributed by atoms with E-state index in [2.05, 4.69) is 49.8 Å². The van der Waals surface area contributed by atoms with Gasteiger partial charge < -0.3 is 10.6 Å². The minimum Gasteiger partial charge on any atom is -0.356 e. The molecule has 2 atom stereocenters. The van der Waals surface area contributed by atoms with Crippen LogP contribution in [0.5, 0.6) is 0 Å². The number of likely N-dealkylation sites (tertiary alicyclic amines) is 1. The average molecular weight is 578 g/mol. The first-order valence-electron chi connectivity index (χ1n) is 10.2. The summed E-state index contributed by atoms with van der Waals surface area (Å²) < 4.78 is 27.2. The third kappa shape index (κ3) is 7.41. The summed E-state index contributed by atoms with van der Waals surface area (Å²) in [7, 11) is 0.439. The molecule has 1 aliphatic rings. The highest BCUT2D eigenvalue weighted by Crippen LogP contribution is 2.36. The van der Waals surface area contributed by atoms with E-state index in [0.717, 1.165) is 13.1 Å². The lowest BCUT2D eigenvalue weighted by Gasteiger charge is -2.39. The summed E-state index contributed by atoms with van der Waals surface area (Å²) in [5.74, 6) is 1.18. The van der Waals surface area contributed by atoms with Crippen molar-refractivity contribution in [2.75, 3.05) is 40.3 Å². The second-order valence-electron chi connectivity index (χ2n) is 7.43. The lowest BCUT2D eigenvalue weighted by molar-refractivity contribution is 0.125. The van der Waals surface area contributed by atoms with Gasteiger partial charge in [0.1, 0.15) is 0 Å². The van der Waals surface area contributed by atoms with Crippen molar-refractivity contribution < 1.29 is 8.42 Å². The molecular weight excluding hydrogens is 545 g/mol. The molecule has 0 amide bonds. The number of aliphatic imine (C=N–C) groups is 1. The van der Waals surface area contributed by atoms with Crippen LogP contribution in [0.1, 0.15) is 23.8 Å². The van der Waals surface area contributed by atoms with Crippen molar-refractivity contribution in [2.24, 2.45) is 10.9 Å². The molecule has 0 spiro atoms. The molecule has 1 aliphatic heterocycles. The van der Waals surface area contributed by atoms with Crippen molar-refractivity contribution in [1.29, 1.82) is 0 Å². The number of rotatable bonds is 8. The van der Waals surface area contributed by atoms with Gasteiger partial charge in [-0.05, 0) is 55.9 Å². The lowest BCUT2D eigenvalue weighted by Crippen LogP contribution is -2.46. The predicted molar refractivity (Wildman–Crippen MR) is 139 cm³/mol. The summed E-state index contributed by atoms with van der Waals surface area (Å²) >= 11 is 1.81. The maximum atomic E-state index is 12.3. The first-order valence-corrected chi connectivity index (χ1v) is 12.6. The monoisotopic (exact) mass is 577 g/mol. The van der Waals surface area contributed by atoms with E-state index in [0.29, 0.717) is 24.5 Å². The minimum absolute atomic E-state index is 0. The van der Waals surface area contributed by atoms with Crippen LogP contribution in [0.15, 0.2) is 57.7 Å². The molecule has 0 aliphatic carbocycles. The van der Waals surface area contributed by atoms with Gasteiger partial charge in [-0.3, -0.25) is 9.89 Å². The summed E-state index contributed by atoms with van der Waals surface area (Å²) in [5.41, 5.74) is 0. The number of piperidine rings is 1. The Morgan fingerprint density at radius 3 is 2.61 bits per heavy atom. The molecule has 1 fully saturated rings. The van der Waals surface area contributed by atoms with E-state index < -0.39 is 10.0 Å². The maximum Gasteiger partial charge on any atom is 0.240 e. The largest absolute Gasteiger partial charge is 0.356 e. The molecule has 2 heterocycles. The first-order chi connectivity index (χ1) is 14.5. The number of benzene rings is 1. The topological polar surface area (TPSA) is 85.8 Å². The molecule has 3 N–H and O–H groups in total. The Bertz CT molecular complexity index is 907. The molecule has 7 nitrogen and oxygen atoms in total. The minimum atomic E-state index is -3.49. The van der Waals surface area contributed by atoms with Crippen molar-refractivity contribution >= 4 is 51.3 Å². The van der Waals surface area contributed by atoms with Gasteiger partial charge in [-0.15, -0.1) is 35.3 Å². The second-order valence-corrected chi connectivity index (χ2v) is 10.2. The van der Waals surface area contributed by atoms with Crippen molar-refractivity contribution in [3.63, 3.8) is 0 Å². The Labute approximate surface area is 206 Å². The van der Waals surface area contributed by atoms with E-state index in [1.54, 1.807) is 37.4 Å². The zero-order valence-electron chi connectivity index (χ0n) is 18.0. The fourth-order valence-electron chi connectivity index (χ4n) is 3.88. The third-order valence-corrected chi connectivity index (χ3v) is 7.78. The molecule has 10 heteroatoms. The standard InChI is InChI=1S/C21H31N5O2S2.HI/c1-22-21(23-12-13-25-30(27,28)18-9-4-3-5-10-18)24-16-17-8-6-14-26(2)20(17)19-11-7-15-29-19;/h3-5,7,9-11,15,17,20,25H,6,8,12-14,16H2,1-2H3,(H2,22,23,24);1H. The molecule has 0 radical (unpaired) electrons. The van der Waals surface area contributed by atoms with Gasteiger partial charge in [0.05, 0.1) is 4.90 Å². The van der Waals surface area contributed by atoms with Gasteiger partial charge in [0, 0.05) is 37.6 Å². The van der Waals surface area contributed by atoms with Crippen LogP contribution in [0.25, 0.3) is 0 Å². The Kier molecular flexibility index (Phi) is 10.7. The fourth-order valence-corrected chi connectivity index (χ4v) is 5.92. The van der Waals surface area contributed by atoms with Gasteiger partial charge in [-0.25, -0.2) is 13.1 Å². The van der Waals surface area contributed by atoms with Crippen LogP contribution >= 0.6 is 35.3 Å². The zero-order valence-corrected chi connectivity index (χ0v) is 21.9. The Morgan fingerprint density at radius 2 is 1.94 bits per heavy atom. The van der Waals surface area contributed by atoms with Crippen molar-refractivity contribution in [3.05, 3.63) is 52.7 Å². The average Bonchev–Trinajstić information content (AvgIpc) is 3.28. The highest BCUT2D eigenvalue weighted by Gasteiger charge is 2.31. The van der Waals surface area contributed by atoms with E-state index >= 15 is 0 Å². The Morgan fingerprint density at radius 1 is 1.16 bits per heavy atom. The number of nitrogens with one attached hydrogen (secondary N) is 3. The first kappa shape index (κ1) is 26.0. The second kappa shape index (κ2) is 12.7. The number of nitrogens with zero attached hydrogens (tertiary/aromatic N) is 2. The molecule has 2 aromatic rings. The quantitative estimate of drug-likeness (QED) is 0.195. The van der Waals surface area contributed by atoms with Gasteiger partial charge >= 0.3 is 0 Å². The highest BCUT2D eigenvalue weighted by atomic mass is 127. The van der Waals surface area contributed by atoms with Crippen LogP contribution in [0.3, 0.4) is 0 Å². The molecule has 2 unspecified atom stereocenters. The van der Waals surface area contributed by atoms with Crippen molar-refractivity contribution in [3.8, 4) is 0 Å². The predicted octanol–water partition coefficient (Wildman–Crippen LogP) is 2.89. The summed E-state index contributed by atoms with van der Waals surface area (Å²) in [6, 6.07) is 13.1. The molecule has 0 bridgehead atoms. The number of guanidine groups is 1. The van der Waals surface area contributed by atoms with E-state index in [4.69, 9.17) is 0 Å². The fraction of sp³-hybridized carbons (Fsp3) is 0.476. The van der Waals surface area contributed by atoms with Crippen LogP contribution < -0.4 is 15.4 Å². The van der Waals surface area contributed by atoms with E-state index in [9.17, 15) is 8.42 Å². The third-order valence-electron chi connectivity index (χ3n) is 5.36. The van der Waals surface area contributed by atoms with Gasteiger partial charge in [0.2, 0.25) is 10.0 Å². The number of hydrogen-bond acceptors (Lipinski definition) is 5. The molecular formula is C21H32IN5O2S2. The molecule has 3 rings (SSSR count). The zero-order chi connectivity index (χ0) is 21.4. The van der Waals surface area contributed by atoms with Gasteiger partial charge in [0.15, 0.2) is 5.96 Å². The van der Waals surface area contributed by atoms with E-state index in [1.165, 1.54) is 17.7 Å². The molecule has 1 saturated heterocycles. The summed E-state index contributed by atoms with van der Waals surface area (Å²) in [4.78, 5) is 8.39. The number of hydrogen-bond donors (Lipinski definition) is 3. The number of halogens is 1. The summed E-state index contributed by atoms with van der Waals surface area (Å²) in [5, 5.41) is 8.75. The molecule has 172 valence electrons. The van der Waals surface area contributed by atoms with E-state index in [1.807, 2.05) is 11.3 Å². The Hall–Kier alpha value is -1.21. The molecule has 1 aromatic carbocycles. The SMILES string of the molecule is CN=C(NCCNS(=O)(=O)c1ccccc1)NCC1CCCN(C)C1c1cccs1.I. The van der Waals surface area contributed by atoms with Crippen LogP contribution in [0.2, 0.25) is 0 Å². The maximum absolute atomic E-state index is 12.3. The van der Waals surface area contributed by atoms with Crippen molar-refractivity contribution in [2.45, 2.75) is 23.8 Å². The van der Waals surface area contributed by atoms with Crippen LogP contribution in [0.4, 0.5) is 0 Å². The highest BCUT2D eigenvalue weighted by molar-refractivity contribution is 14.0. The van der Waals surface area contributed by atoms with Crippen LogP contribution in [-0.2, 0) is 10.0 Å². The number of sulfonamides is 1. The van der Waals surface area contributed by atoms with Crippen molar-refractivity contribution in [1.82, 2.24) is 20.3 Å². The molecule has 1 aromatic heterocycles. The number of thiophene rings is 1. The van der Waals surface area contributed by atoms with Gasteiger partial charge in [-0.1, -0.05) is 24.3 Å².